The highest BCUT2D eigenvalue weighted by Crippen LogP contribution is 2.07. The third kappa shape index (κ3) is 4.64. The predicted octanol–water partition coefficient (Wildman–Crippen LogP) is 3.61. The van der Waals surface area contributed by atoms with E-state index in [1.165, 1.54) is 5.56 Å². The number of rotatable bonds is 6. The van der Waals surface area contributed by atoms with Crippen LogP contribution in [-0.4, -0.2) is 12.0 Å². The van der Waals surface area contributed by atoms with Gasteiger partial charge in [0.05, 0.1) is 12.7 Å². The highest BCUT2D eigenvalue weighted by Gasteiger charge is 2.01. The van der Waals surface area contributed by atoms with Crippen molar-refractivity contribution >= 4 is 11.6 Å². The molecular formula is C12H17ClO. The number of alkyl halides is 1. The standard InChI is InChI=1S/C12H17ClO/c1-11(6-5-9-13)14-10-12-7-3-2-4-8-12/h2-4,7-8,11H,5-6,9-10H2,1H3/t11-/m0/s1. The highest BCUT2D eigenvalue weighted by molar-refractivity contribution is 6.17. The molecule has 0 bridgehead atoms. The average Bonchev–Trinajstić information content (AvgIpc) is 2.25. The van der Waals surface area contributed by atoms with Crippen LogP contribution in [0, 0.1) is 0 Å². The normalized spacial score (nSPS) is 12.7. The quantitative estimate of drug-likeness (QED) is 0.655. The van der Waals surface area contributed by atoms with Gasteiger partial charge in [-0.3, -0.25) is 0 Å². The van der Waals surface area contributed by atoms with Crippen LogP contribution >= 0.6 is 11.6 Å². The summed E-state index contributed by atoms with van der Waals surface area (Å²) in [5.41, 5.74) is 1.23. The average molecular weight is 213 g/mol. The Morgan fingerprint density at radius 2 is 2.00 bits per heavy atom. The summed E-state index contributed by atoms with van der Waals surface area (Å²) in [6, 6.07) is 10.2. The number of hydrogen-bond donors (Lipinski definition) is 0. The second-order valence-electron chi connectivity index (χ2n) is 3.44. The molecule has 0 saturated carbocycles. The first-order valence-electron chi connectivity index (χ1n) is 5.04. The van der Waals surface area contributed by atoms with Gasteiger partial charge in [0.25, 0.3) is 0 Å². The highest BCUT2D eigenvalue weighted by atomic mass is 35.5. The Morgan fingerprint density at radius 1 is 1.29 bits per heavy atom. The molecule has 0 amide bonds. The van der Waals surface area contributed by atoms with Gasteiger partial charge in [0.15, 0.2) is 0 Å². The Bertz CT molecular complexity index is 235. The van der Waals surface area contributed by atoms with Gasteiger partial charge in [0.1, 0.15) is 0 Å². The maximum Gasteiger partial charge on any atom is 0.0720 e. The molecule has 14 heavy (non-hydrogen) atoms. The van der Waals surface area contributed by atoms with Gasteiger partial charge in [0, 0.05) is 5.88 Å². The monoisotopic (exact) mass is 212 g/mol. The fourth-order valence-corrected chi connectivity index (χ4v) is 1.41. The van der Waals surface area contributed by atoms with Gasteiger partial charge in [-0.25, -0.2) is 0 Å². The minimum absolute atomic E-state index is 0.300. The van der Waals surface area contributed by atoms with Gasteiger partial charge in [0.2, 0.25) is 0 Å². The molecule has 0 unspecified atom stereocenters. The van der Waals surface area contributed by atoms with Gasteiger partial charge in [-0.05, 0) is 25.3 Å². The maximum atomic E-state index is 5.67. The molecule has 1 rings (SSSR count). The molecule has 1 aromatic carbocycles. The summed E-state index contributed by atoms with van der Waals surface area (Å²) in [6.45, 7) is 2.79. The first kappa shape index (κ1) is 11.5. The molecule has 0 aliphatic heterocycles. The van der Waals surface area contributed by atoms with Crippen LogP contribution in [0.2, 0.25) is 0 Å². The van der Waals surface area contributed by atoms with Gasteiger partial charge < -0.3 is 4.74 Å². The molecule has 0 N–H and O–H groups in total. The molecule has 0 radical (unpaired) electrons. The fourth-order valence-electron chi connectivity index (χ4n) is 1.26. The Hall–Kier alpha value is -0.530. The molecule has 0 fully saturated rings. The van der Waals surface area contributed by atoms with Crippen molar-refractivity contribution in [2.45, 2.75) is 32.5 Å². The summed E-state index contributed by atoms with van der Waals surface area (Å²) in [6.07, 6.45) is 2.36. The van der Waals surface area contributed by atoms with Crippen molar-refractivity contribution in [2.24, 2.45) is 0 Å². The molecule has 0 aliphatic carbocycles. The molecule has 0 saturated heterocycles. The summed E-state index contributed by atoms with van der Waals surface area (Å²) < 4.78 is 5.67. The lowest BCUT2D eigenvalue weighted by Gasteiger charge is -2.11. The largest absolute Gasteiger partial charge is 0.374 e. The first-order chi connectivity index (χ1) is 6.83. The topological polar surface area (TPSA) is 9.23 Å². The van der Waals surface area contributed by atoms with E-state index in [4.69, 9.17) is 16.3 Å². The Morgan fingerprint density at radius 3 is 2.64 bits per heavy atom. The minimum Gasteiger partial charge on any atom is -0.374 e. The van der Waals surface area contributed by atoms with Crippen molar-refractivity contribution in [1.29, 1.82) is 0 Å². The Labute approximate surface area is 91.0 Å². The van der Waals surface area contributed by atoms with Crippen molar-refractivity contribution in [3.63, 3.8) is 0 Å². The van der Waals surface area contributed by atoms with Crippen molar-refractivity contribution in [2.75, 3.05) is 5.88 Å². The van der Waals surface area contributed by atoms with Gasteiger partial charge in [-0.1, -0.05) is 30.3 Å². The van der Waals surface area contributed by atoms with Crippen LogP contribution in [-0.2, 0) is 11.3 Å². The van der Waals surface area contributed by atoms with E-state index < -0.39 is 0 Å². The molecule has 0 aliphatic rings. The van der Waals surface area contributed by atoms with E-state index in [1.54, 1.807) is 0 Å². The van der Waals surface area contributed by atoms with Crippen molar-refractivity contribution in [1.82, 2.24) is 0 Å². The Kier molecular flexibility index (Phi) is 5.65. The van der Waals surface area contributed by atoms with E-state index in [1.807, 2.05) is 18.2 Å². The lowest BCUT2D eigenvalue weighted by atomic mass is 10.2. The number of benzene rings is 1. The Balaban J connectivity index is 2.20. The van der Waals surface area contributed by atoms with Gasteiger partial charge >= 0.3 is 0 Å². The molecule has 0 aromatic heterocycles. The molecule has 2 heteroatoms. The van der Waals surface area contributed by atoms with Crippen LogP contribution < -0.4 is 0 Å². The lowest BCUT2D eigenvalue weighted by molar-refractivity contribution is 0.0473. The second-order valence-corrected chi connectivity index (χ2v) is 3.82. The van der Waals surface area contributed by atoms with Crippen molar-refractivity contribution in [3.8, 4) is 0 Å². The minimum atomic E-state index is 0.300. The van der Waals surface area contributed by atoms with Crippen LogP contribution in [0.15, 0.2) is 30.3 Å². The van der Waals surface area contributed by atoms with Crippen molar-refractivity contribution in [3.05, 3.63) is 35.9 Å². The van der Waals surface area contributed by atoms with E-state index in [2.05, 4.69) is 19.1 Å². The third-order valence-electron chi connectivity index (χ3n) is 2.12. The van der Waals surface area contributed by atoms with Crippen LogP contribution in [0.3, 0.4) is 0 Å². The maximum absolute atomic E-state index is 5.67. The summed E-state index contributed by atoms with van der Waals surface area (Å²) in [5.74, 6) is 0.721. The van der Waals surface area contributed by atoms with Gasteiger partial charge in [-0.2, -0.15) is 0 Å². The zero-order valence-corrected chi connectivity index (χ0v) is 9.33. The number of halogens is 1. The molecule has 78 valence electrons. The van der Waals surface area contributed by atoms with E-state index in [0.717, 1.165) is 18.7 Å². The van der Waals surface area contributed by atoms with Crippen LogP contribution in [0.25, 0.3) is 0 Å². The summed E-state index contributed by atoms with van der Waals surface area (Å²) in [7, 11) is 0. The fraction of sp³-hybridized carbons (Fsp3) is 0.500. The number of hydrogen-bond acceptors (Lipinski definition) is 1. The second kappa shape index (κ2) is 6.86. The zero-order chi connectivity index (χ0) is 10.2. The van der Waals surface area contributed by atoms with Crippen LogP contribution in [0.5, 0.6) is 0 Å². The zero-order valence-electron chi connectivity index (χ0n) is 8.58. The lowest BCUT2D eigenvalue weighted by Crippen LogP contribution is -2.08. The third-order valence-corrected chi connectivity index (χ3v) is 2.39. The van der Waals surface area contributed by atoms with E-state index in [0.29, 0.717) is 12.7 Å². The number of ether oxygens (including phenoxy) is 1. The van der Waals surface area contributed by atoms with Gasteiger partial charge in [-0.15, -0.1) is 11.6 Å². The summed E-state index contributed by atoms with van der Waals surface area (Å²) in [4.78, 5) is 0. The predicted molar refractivity (Wildman–Crippen MR) is 60.6 cm³/mol. The SMILES string of the molecule is C[C@@H](CCCCl)OCc1ccccc1. The molecule has 1 aromatic rings. The molecule has 1 atom stereocenters. The molecular weight excluding hydrogens is 196 g/mol. The first-order valence-corrected chi connectivity index (χ1v) is 5.58. The smallest absolute Gasteiger partial charge is 0.0720 e. The summed E-state index contributed by atoms with van der Waals surface area (Å²) >= 11 is 5.61. The molecule has 0 spiro atoms. The van der Waals surface area contributed by atoms with E-state index in [-0.39, 0.29) is 0 Å². The molecule has 0 heterocycles. The van der Waals surface area contributed by atoms with E-state index in [9.17, 15) is 0 Å². The summed E-state index contributed by atoms with van der Waals surface area (Å²) in [5, 5.41) is 0. The van der Waals surface area contributed by atoms with Crippen LogP contribution in [0.1, 0.15) is 25.3 Å². The molecule has 1 nitrogen and oxygen atoms in total. The van der Waals surface area contributed by atoms with Crippen LogP contribution in [0.4, 0.5) is 0 Å². The van der Waals surface area contributed by atoms with E-state index >= 15 is 0 Å². The van der Waals surface area contributed by atoms with Crippen molar-refractivity contribution < 1.29 is 4.74 Å².